The van der Waals surface area contributed by atoms with Gasteiger partial charge in [-0.05, 0) is 41.9 Å². The first-order chi connectivity index (χ1) is 8.81. The second-order valence-electron chi connectivity index (χ2n) is 4.43. The van der Waals surface area contributed by atoms with Crippen molar-refractivity contribution in [2.45, 2.75) is 19.3 Å². The quantitative estimate of drug-likeness (QED) is 0.579. The van der Waals surface area contributed by atoms with Crippen LogP contribution in [0.25, 0.3) is 5.57 Å². The molecule has 1 aliphatic rings. The zero-order valence-electron chi connectivity index (χ0n) is 10.2. The van der Waals surface area contributed by atoms with Crippen LogP contribution in [0.1, 0.15) is 24.0 Å². The van der Waals surface area contributed by atoms with E-state index in [-0.39, 0.29) is 11.5 Å². The Balaban J connectivity index is 2.62. The molecule has 88 valence electrons. The maximum atomic E-state index is 9.13. The molecule has 0 N–H and O–H groups in total. The van der Waals surface area contributed by atoms with Crippen LogP contribution in [0.4, 0.5) is 0 Å². The number of nitrogens with zero attached hydrogens (tertiary/aromatic N) is 2. The smallest absolute Gasteiger partial charge is 0.133 e. The van der Waals surface area contributed by atoms with Gasteiger partial charge in [-0.2, -0.15) is 10.5 Å². The van der Waals surface area contributed by atoms with E-state index in [0.717, 1.165) is 30.4 Å². The molecule has 2 rings (SSSR count). The maximum Gasteiger partial charge on any atom is 0.133 e. The Bertz CT molecular complexity index is 566. The van der Waals surface area contributed by atoms with Crippen molar-refractivity contribution < 1.29 is 0 Å². The van der Waals surface area contributed by atoms with E-state index in [1.807, 2.05) is 36.4 Å². The summed E-state index contributed by atoms with van der Waals surface area (Å²) in [4.78, 5) is 0. The van der Waals surface area contributed by atoms with Crippen LogP contribution >= 0.6 is 0 Å². The summed E-state index contributed by atoms with van der Waals surface area (Å²) >= 11 is 0. The molecule has 0 bridgehead atoms. The molecule has 0 saturated heterocycles. The van der Waals surface area contributed by atoms with E-state index in [1.165, 1.54) is 5.56 Å². The fraction of sp³-hybridized carbons (Fsp3) is 0.250. The summed E-state index contributed by atoms with van der Waals surface area (Å²) in [5, 5.41) is 18.3. The lowest BCUT2D eigenvalue weighted by atomic mass is 9.76. The molecule has 2 heteroatoms. The summed E-state index contributed by atoms with van der Waals surface area (Å²) < 4.78 is 0. The first kappa shape index (κ1) is 12.1. The van der Waals surface area contributed by atoms with E-state index in [4.69, 9.17) is 10.5 Å². The molecule has 0 aliphatic heterocycles. The van der Waals surface area contributed by atoms with Gasteiger partial charge in [0.25, 0.3) is 0 Å². The van der Waals surface area contributed by atoms with Crippen molar-refractivity contribution in [3.63, 3.8) is 0 Å². The molecule has 1 aromatic carbocycles. The third-order valence-corrected chi connectivity index (χ3v) is 3.42. The number of hydrogen-bond donors (Lipinski definition) is 0. The largest absolute Gasteiger partial charge is 0.192 e. The normalized spacial score (nSPS) is 17.2. The van der Waals surface area contributed by atoms with Gasteiger partial charge in [0.2, 0.25) is 0 Å². The van der Waals surface area contributed by atoms with Crippen LogP contribution in [0.3, 0.4) is 0 Å². The highest BCUT2D eigenvalue weighted by Gasteiger charge is 2.25. The van der Waals surface area contributed by atoms with E-state index in [2.05, 4.69) is 12.6 Å². The van der Waals surface area contributed by atoms with Crippen molar-refractivity contribution in [2.75, 3.05) is 0 Å². The van der Waals surface area contributed by atoms with Crippen LogP contribution in [0, 0.1) is 28.6 Å². The zero-order valence-corrected chi connectivity index (χ0v) is 10.2. The van der Waals surface area contributed by atoms with Crippen LogP contribution in [0.15, 0.2) is 42.5 Å². The predicted octanol–water partition coefficient (Wildman–Crippen LogP) is 3.63. The Morgan fingerprint density at radius 1 is 1.33 bits per heavy atom. The lowest BCUT2D eigenvalue weighted by Crippen LogP contribution is -2.14. The Kier molecular flexibility index (Phi) is 3.60. The van der Waals surface area contributed by atoms with E-state index in [0.29, 0.717) is 0 Å². The van der Waals surface area contributed by atoms with Gasteiger partial charge in [0.15, 0.2) is 0 Å². The molecule has 0 amide bonds. The van der Waals surface area contributed by atoms with E-state index in [9.17, 15) is 0 Å². The van der Waals surface area contributed by atoms with E-state index < -0.39 is 0 Å². The van der Waals surface area contributed by atoms with E-state index in [1.54, 1.807) is 0 Å². The number of aryl methyl sites for hydroxylation is 1. The molecule has 0 aromatic heterocycles. The van der Waals surface area contributed by atoms with Crippen molar-refractivity contribution in [1.82, 2.24) is 0 Å². The van der Waals surface area contributed by atoms with Crippen molar-refractivity contribution in [3.05, 3.63) is 53.6 Å². The van der Waals surface area contributed by atoms with Gasteiger partial charge in [-0.15, -0.1) is 6.58 Å². The molecule has 0 radical (unpaired) electrons. The Morgan fingerprint density at radius 3 is 2.72 bits per heavy atom. The van der Waals surface area contributed by atoms with Gasteiger partial charge in [-0.3, -0.25) is 0 Å². The SMILES string of the molecule is C=CCC1CCc2ccccc2C1=C(C#N)C#N. The minimum Gasteiger partial charge on any atom is -0.192 e. The summed E-state index contributed by atoms with van der Waals surface area (Å²) in [6, 6.07) is 12.1. The number of fused-ring (bicyclic) bond motifs is 1. The molecule has 0 saturated carbocycles. The van der Waals surface area contributed by atoms with Crippen LogP contribution < -0.4 is 0 Å². The lowest BCUT2D eigenvalue weighted by molar-refractivity contribution is 0.596. The molecular formula is C16H14N2. The first-order valence-electron chi connectivity index (χ1n) is 6.05. The van der Waals surface area contributed by atoms with Gasteiger partial charge < -0.3 is 0 Å². The average Bonchev–Trinajstić information content (AvgIpc) is 2.42. The van der Waals surface area contributed by atoms with Gasteiger partial charge in [0, 0.05) is 0 Å². The molecule has 1 unspecified atom stereocenters. The van der Waals surface area contributed by atoms with Crippen LogP contribution in [0.2, 0.25) is 0 Å². The number of allylic oxidation sites excluding steroid dienone is 3. The second kappa shape index (κ2) is 5.34. The molecule has 1 aromatic rings. The van der Waals surface area contributed by atoms with Crippen molar-refractivity contribution in [1.29, 1.82) is 10.5 Å². The summed E-state index contributed by atoms with van der Waals surface area (Å²) in [5.74, 6) is 0.242. The van der Waals surface area contributed by atoms with Crippen molar-refractivity contribution in [2.24, 2.45) is 5.92 Å². The summed E-state index contributed by atoms with van der Waals surface area (Å²) in [6.07, 6.45) is 4.66. The average molecular weight is 234 g/mol. The van der Waals surface area contributed by atoms with Gasteiger partial charge in [-0.25, -0.2) is 0 Å². The third kappa shape index (κ3) is 2.06. The summed E-state index contributed by atoms with van der Waals surface area (Å²) in [7, 11) is 0. The van der Waals surface area contributed by atoms with Crippen LogP contribution in [0.5, 0.6) is 0 Å². The highest BCUT2D eigenvalue weighted by molar-refractivity contribution is 5.79. The minimum atomic E-state index is 0.242. The summed E-state index contributed by atoms with van der Waals surface area (Å²) in [6.45, 7) is 3.77. The standard InChI is InChI=1S/C16H14N2/c1-2-5-13-9-8-12-6-3-4-7-15(12)16(13)14(10-17)11-18/h2-4,6-7,13H,1,5,8-9H2. The van der Waals surface area contributed by atoms with Gasteiger partial charge in [0.05, 0.1) is 0 Å². The fourth-order valence-corrected chi connectivity index (χ4v) is 2.62. The Hall–Kier alpha value is -2.32. The third-order valence-electron chi connectivity index (χ3n) is 3.42. The molecule has 1 aliphatic carbocycles. The molecule has 0 spiro atoms. The minimum absolute atomic E-state index is 0.242. The van der Waals surface area contributed by atoms with Crippen molar-refractivity contribution in [3.8, 4) is 12.1 Å². The van der Waals surface area contributed by atoms with Crippen molar-refractivity contribution >= 4 is 5.57 Å². The number of nitriles is 2. The molecule has 1 atom stereocenters. The Morgan fingerprint density at radius 2 is 2.06 bits per heavy atom. The fourth-order valence-electron chi connectivity index (χ4n) is 2.62. The van der Waals surface area contributed by atoms with Crippen LogP contribution in [-0.4, -0.2) is 0 Å². The monoisotopic (exact) mass is 234 g/mol. The topological polar surface area (TPSA) is 47.6 Å². The highest BCUT2D eigenvalue weighted by atomic mass is 14.3. The first-order valence-corrected chi connectivity index (χ1v) is 6.05. The maximum absolute atomic E-state index is 9.13. The van der Waals surface area contributed by atoms with Gasteiger partial charge >= 0.3 is 0 Å². The molecule has 0 heterocycles. The molecule has 18 heavy (non-hydrogen) atoms. The predicted molar refractivity (Wildman–Crippen MR) is 71.2 cm³/mol. The van der Waals surface area contributed by atoms with Gasteiger partial charge in [0.1, 0.15) is 17.7 Å². The van der Waals surface area contributed by atoms with Gasteiger partial charge in [-0.1, -0.05) is 30.3 Å². The highest BCUT2D eigenvalue weighted by Crippen LogP contribution is 2.39. The summed E-state index contributed by atoms with van der Waals surface area (Å²) in [5.41, 5.74) is 3.44. The number of hydrogen-bond acceptors (Lipinski definition) is 2. The number of rotatable bonds is 2. The van der Waals surface area contributed by atoms with E-state index >= 15 is 0 Å². The lowest BCUT2D eigenvalue weighted by Gasteiger charge is -2.27. The molecule has 2 nitrogen and oxygen atoms in total. The second-order valence-corrected chi connectivity index (χ2v) is 4.43. The zero-order chi connectivity index (χ0) is 13.0. The van der Waals surface area contributed by atoms with Crippen LogP contribution in [-0.2, 0) is 6.42 Å². The molecular weight excluding hydrogens is 220 g/mol. The molecule has 0 fully saturated rings. The number of benzene rings is 1. The Labute approximate surface area is 107 Å².